The summed E-state index contributed by atoms with van der Waals surface area (Å²) in [5.74, 6) is -0.0240. The summed E-state index contributed by atoms with van der Waals surface area (Å²) >= 11 is 4.00. The van der Waals surface area contributed by atoms with E-state index in [-0.39, 0.29) is 41.8 Å². The molecule has 10 heterocycles. The van der Waals surface area contributed by atoms with Gasteiger partial charge in [0.25, 0.3) is 11.8 Å². The molecule has 10 aromatic rings. The maximum atomic E-state index is 13.2. The van der Waals surface area contributed by atoms with Crippen LogP contribution < -0.4 is 16.0 Å². The van der Waals surface area contributed by atoms with E-state index in [2.05, 4.69) is 46.4 Å². The Kier molecular flexibility index (Phi) is 15.3. The summed E-state index contributed by atoms with van der Waals surface area (Å²) in [6.45, 7) is 9.31. The maximum Gasteiger partial charge on any atom is 0.410 e. The number of hydrogen-bond donors (Lipinski definition) is 4. The van der Waals surface area contributed by atoms with Gasteiger partial charge in [-0.3, -0.25) is 20.2 Å². The molecule has 24 heteroatoms. The van der Waals surface area contributed by atoms with Crippen molar-refractivity contribution in [3.63, 3.8) is 0 Å². The van der Waals surface area contributed by atoms with Crippen molar-refractivity contribution in [2.24, 2.45) is 10.8 Å². The average Bonchev–Trinajstić information content (AvgIpc) is 3.36. The largest absolute Gasteiger partial charge is 0.477 e. The fourth-order valence-electron chi connectivity index (χ4n) is 11.4. The lowest BCUT2D eigenvalue weighted by Crippen LogP contribution is -2.43. The van der Waals surface area contributed by atoms with Gasteiger partial charge in [0.05, 0.1) is 31.8 Å². The van der Waals surface area contributed by atoms with Gasteiger partial charge in [0.2, 0.25) is 11.9 Å². The van der Waals surface area contributed by atoms with Crippen LogP contribution in [0.4, 0.5) is 16.7 Å². The predicted molar refractivity (Wildman–Crippen MR) is 315 cm³/mol. The first kappa shape index (κ1) is 55.0. The normalized spacial score (nSPS) is 20.0. The van der Waals surface area contributed by atoms with Crippen molar-refractivity contribution in [3.05, 3.63) is 155 Å². The quantitative estimate of drug-likeness (QED) is 0.100. The third-order valence-electron chi connectivity index (χ3n) is 15.1. The highest BCUT2D eigenvalue weighted by atomic mass is 35.5. The van der Waals surface area contributed by atoms with Gasteiger partial charge in [-0.25, -0.2) is 33.6 Å². The number of carboxylic acid groups (broad SMARTS) is 1. The summed E-state index contributed by atoms with van der Waals surface area (Å²) in [6, 6.07) is 32.9. The Balaban J connectivity index is 0.000000140. The Bertz CT molecular complexity index is 3830. The number of halogens is 1. The lowest BCUT2D eigenvalue weighted by molar-refractivity contribution is 0.0199. The van der Waals surface area contributed by atoms with E-state index in [4.69, 9.17) is 19.8 Å². The van der Waals surface area contributed by atoms with Gasteiger partial charge in [-0.05, 0) is 156 Å². The third-order valence-corrected chi connectivity index (χ3v) is 18.3. The molecule has 4 aliphatic rings. The van der Waals surface area contributed by atoms with Crippen LogP contribution in [0.2, 0.25) is 0 Å². The average molecular weight is 1170 g/mol. The third kappa shape index (κ3) is 11.5. The molecule has 8 aromatic heterocycles. The number of benzene rings is 2. The second-order valence-corrected chi connectivity index (χ2v) is 25.0. The van der Waals surface area contributed by atoms with Crippen LogP contribution in [0.1, 0.15) is 100 Å². The summed E-state index contributed by atoms with van der Waals surface area (Å²) in [5.41, 5.74) is 3.86. The first-order chi connectivity index (χ1) is 38.7. The number of rotatable bonds is 10. The standard InChI is InChI=1S/C27H30N6O3S.C22H22N6OS.C8H6N2O2S.ClH/c1-26(2,3)36-25(35)31-14-11-27(17-31)15-18(16-27)33-20-8-5-4-7-19(20)29-24(33)30-23(34)21-9-10-22(37-21)32-13-6-12-28-32;29-20(18-6-7-19(30-18)27-11-3-9-24-27)26-21-25-16-4-1-2-5-17(16)28(21)15-12-22(13-15)8-10-23-14-22;11-8(12)6-2-3-7(13-6)10-5-1-4-9-10;/h4-10,12-13,18H,11,14-17H2,1-3H3,(H,29,30,34);1-7,9,11,15,23H,8,10,12-14H2,(H,25,26,29);1-5H,(H,11,12);1H. The number of imidazole rings is 2. The molecule has 2 saturated heterocycles. The summed E-state index contributed by atoms with van der Waals surface area (Å²) < 4.78 is 15.1. The maximum absolute atomic E-state index is 13.2. The molecule has 4 N–H and O–H groups in total. The minimum Gasteiger partial charge on any atom is -0.477 e. The van der Waals surface area contributed by atoms with Crippen molar-refractivity contribution >= 4 is 104 Å². The lowest BCUT2D eigenvalue weighted by atomic mass is 9.65. The molecule has 81 heavy (non-hydrogen) atoms. The number of carbonyl (C=O) groups excluding carboxylic acids is 3. The fraction of sp³-hybridized carbons (Fsp3) is 0.316. The summed E-state index contributed by atoms with van der Waals surface area (Å²) in [5, 5.41) is 33.4. The number of nitrogens with zero attached hydrogens (tertiary/aromatic N) is 11. The van der Waals surface area contributed by atoms with Gasteiger partial charge in [-0.15, -0.1) is 46.4 Å². The first-order valence-electron chi connectivity index (χ1n) is 26.5. The molecule has 2 aliphatic heterocycles. The molecule has 0 bridgehead atoms. The smallest absolute Gasteiger partial charge is 0.410 e. The van der Waals surface area contributed by atoms with Crippen LogP contribution in [-0.4, -0.2) is 114 Å². The van der Waals surface area contributed by atoms with E-state index in [9.17, 15) is 19.2 Å². The number of anilines is 2. The topological polar surface area (TPSA) is 226 Å². The second kappa shape index (κ2) is 22.5. The molecule has 0 unspecified atom stereocenters. The van der Waals surface area contributed by atoms with Crippen molar-refractivity contribution in [2.75, 3.05) is 36.8 Å². The van der Waals surface area contributed by atoms with E-state index in [0.29, 0.717) is 51.1 Å². The Hall–Kier alpha value is -7.96. The van der Waals surface area contributed by atoms with E-state index in [1.54, 1.807) is 57.0 Å². The molecule has 14 rings (SSSR count). The van der Waals surface area contributed by atoms with Crippen LogP contribution in [0.5, 0.6) is 0 Å². The SMILES string of the molecule is CC(C)(C)OC(=O)N1CCC2(CC(n3c(NC(=O)c4ccc(-n5cccn5)s4)nc4ccccc43)C2)C1.Cl.O=C(Nc1nc2ccccc2n1C1CC2(CCNC2)C1)c1ccc(-n2cccn2)s1.O=C(O)c1ccc(-n2cccn2)s1. The number of aromatic nitrogens is 10. The van der Waals surface area contributed by atoms with E-state index in [1.165, 1.54) is 40.4 Å². The summed E-state index contributed by atoms with van der Waals surface area (Å²) in [7, 11) is 0. The fourth-order valence-corrected chi connectivity index (χ4v) is 13.9. The number of fused-ring (bicyclic) bond motifs is 2. The Morgan fingerprint density at radius 1 is 0.617 bits per heavy atom. The molecule has 3 amide bonds. The summed E-state index contributed by atoms with van der Waals surface area (Å²) in [6.07, 6.45) is 16.7. The van der Waals surface area contributed by atoms with Crippen molar-refractivity contribution in [2.45, 2.75) is 77.0 Å². The highest BCUT2D eigenvalue weighted by Crippen LogP contribution is 2.56. The highest BCUT2D eigenvalue weighted by molar-refractivity contribution is 7.17. The van der Waals surface area contributed by atoms with Crippen molar-refractivity contribution in [1.29, 1.82) is 0 Å². The van der Waals surface area contributed by atoms with E-state index >= 15 is 0 Å². The number of para-hydroxylation sites is 4. The monoisotopic (exact) mass is 1170 g/mol. The molecule has 0 atom stereocenters. The lowest BCUT2D eigenvalue weighted by Gasteiger charge is -2.46. The molecular weight excluding hydrogens is 1110 g/mol. The van der Waals surface area contributed by atoms with Crippen LogP contribution in [0.25, 0.3) is 37.1 Å². The molecule has 4 fully saturated rings. The molecule has 0 radical (unpaired) electrons. The summed E-state index contributed by atoms with van der Waals surface area (Å²) in [4.78, 5) is 62.3. The number of aromatic carboxylic acids is 1. The number of hydrogen-bond acceptors (Lipinski definition) is 14. The zero-order valence-electron chi connectivity index (χ0n) is 44.5. The number of likely N-dealkylation sites (tertiary alicyclic amines) is 1. The molecular formula is C57H59ClN14O6S3. The number of ether oxygens (including phenoxy) is 1. The Labute approximate surface area is 483 Å². The van der Waals surface area contributed by atoms with Crippen LogP contribution in [0.15, 0.2) is 140 Å². The number of carboxylic acids is 1. The highest BCUT2D eigenvalue weighted by Gasteiger charge is 2.52. The van der Waals surface area contributed by atoms with Crippen LogP contribution in [0.3, 0.4) is 0 Å². The first-order valence-corrected chi connectivity index (χ1v) is 28.9. The Morgan fingerprint density at radius 3 is 1.49 bits per heavy atom. The minimum absolute atomic E-state index is 0. The zero-order valence-corrected chi connectivity index (χ0v) is 47.8. The van der Waals surface area contributed by atoms with E-state index < -0.39 is 11.6 Å². The number of amides is 3. The number of carbonyl (C=O) groups is 4. The van der Waals surface area contributed by atoms with Gasteiger partial charge in [-0.2, -0.15) is 15.3 Å². The Morgan fingerprint density at radius 2 is 1.07 bits per heavy atom. The molecule has 2 aromatic carbocycles. The van der Waals surface area contributed by atoms with Gasteiger partial charge in [0, 0.05) is 68.9 Å². The second-order valence-electron chi connectivity index (χ2n) is 21.8. The molecule has 2 aliphatic carbocycles. The zero-order chi connectivity index (χ0) is 55.2. The number of thiophene rings is 3. The van der Waals surface area contributed by atoms with Crippen LogP contribution in [-0.2, 0) is 4.74 Å². The van der Waals surface area contributed by atoms with Gasteiger partial charge >= 0.3 is 12.1 Å². The van der Waals surface area contributed by atoms with E-state index in [1.807, 2.05) is 117 Å². The minimum atomic E-state index is -0.900. The number of nitrogens with one attached hydrogen (secondary N) is 3. The van der Waals surface area contributed by atoms with Crippen LogP contribution in [0, 0.1) is 10.8 Å². The molecule has 2 saturated carbocycles. The van der Waals surface area contributed by atoms with Crippen molar-refractivity contribution < 1.29 is 29.0 Å². The van der Waals surface area contributed by atoms with Gasteiger partial charge < -0.3 is 29.2 Å². The van der Waals surface area contributed by atoms with Gasteiger partial charge in [0.15, 0.2) is 0 Å². The molecule has 20 nitrogen and oxygen atoms in total. The van der Waals surface area contributed by atoms with Crippen molar-refractivity contribution in [1.82, 2.24) is 58.7 Å². The van der Waals surface area contributed by atoms with E-state index in [0.717, 1.165) is 82.3 Å². The van der Waals surface area contributed by atoms with Crippen LogP contribution >= 0.6 is 46.4 Å². The molecule has 2 spiro atoms. The van der Waals surface area contributed by atoms with Gasteiger partial charge in [-0.1, -0.05) is 24.3 Å². The predicted octanol–water partition coefficient (Wildman–Crippen LogP) is 11.4. The molecule has 418 valence electrons. The van der Waals surface area contributed by atoms with Crippen molar-refractivity contribution in [3.8, 4) is 15.0 Å². The van der Waals surface area contributed by atoms with Gasteiger partial charge in [0.1, 0.15) is 25.5 Å².